The van der Waals surface area contributed by atoms with Crippen molar-refractivity contribution in [2.75, 3.05) is 13.7 Å². The first-order valence-corrected chi connectivity index (χ1v) is 6.35. The lowest BCUT2D eigenvalue weighted by atomic mass is 9.92. The summed E-state index contributed by atoms with van der Waals surface area (Å²) >= 11 is 0. The van der Waals surface area contributed by atoms with Crippen molar-refractivity contribution in [1.29, 1.82) is 0 Å². The highest BCUT2D eigenvalue weighted by molar-refractivity contribution is 5.34. The normalized spacial score (nSPS) is 12.1. The number of methoxy groups -OCH3 is 1. The van der Waals surface area contributed by atoms with E-state index < -0.39 is 0 Å². The molecule has 0 aliphatic heterocycles. The molecule has 0 saturated carbocycles. The van der Waals surface area contributed by atoms with Gasteiger partial charge in [-0.25, -0.2) is 0 Å². The summed E-state index contributed by atoms with van der Waals surface area (Å²) in [6.07, 6.45) is 0.804. The van der Waals surface area contributed by atoms with Gasteiger partial charge < -0.3 is 15.6 Å². The Kier molecular flexibility index (Phi) is 4.42. The van der Waals surface area contributed by atoms with Crippen LogP contribution in [0.15, 0.2) is 48.5 Å². The molecule has 3 heteroatoms. The van der Waals surface area contributed by atoms with Crippen molar-refractivity contribution >= 4 is 0 Å². The van der Waals surface area contributed by atoms with E-state index in [2.05, 4.69) is 6.07 Å². The first-order valence-electron chi connectivity index (χ1n) is 6.35. The van der Waals surface area contributed by atoms with Gasteiger partial charge in [-0.3, -0.25) is 0 Å². The Morgan fingerprint density at radius 3 is 2.63 bits per heavy atom. The molecule has 1 unspecified atom stereocenters. The maximum Gasteiger partial charge on any atom is 0.119 e. The van der Waals surface area contributed by atoms with Crippen molar-refractivity contribution in [3.8, 4) is 11.5 Å². The van der Waals surface area contributed by atoms with Crippen molar-refractivity contribution in [2.45, 2.75) is 12.3 Å². The number of rotatable bonds is 5. The number of phenols is 1. The molecule has 0 aliphatic carbocycles. The Morgan fingerprint density at radius 1 is 1.16 bits per heavy atom. The molecule has 0 heterocycles. The lowest BCUT2D eigenvalue weighted by molar-refractivity contribution is 0.413. The van der Waals surface area contributed by atoms with Crippen LogP contribution in [0.4, 0.5) is 0 Å². The summed E-state index contributed by atoms with van der Waals surface area (Å²) in [5, 5.41) is 9.50. The van der Waals surface area contributed by atoms with Gasteiger partial charge in [-0.2, -0.15) is 0 Å². The molecular weight excluding hydrogens is 238 g/mol. The minimum absolute atomic E-state index is 0.219. The number of ether oxygens (including phenoxy) is 1. The number of aromatic hydroxyl groups is 1. The Labute approximate surface area is 113 Å². The van der Waals surface area contributed by atoms with Crippen LogP contribution in [0.2, 0.25) is 0 Å². The quantitative estimate of drug-likeness (QED) is 0.866. The highest BCUT2D eigenvalue weighted by Gasteiger charge is 2.11. The van der Waals surface area contributed by atoms with E-state index in [1.54, 1.807) is 19.2 Å². The average molecular weight is 257 g/mol. The number of benzene rings is 2. The number of nitrogens with two attached hydrogens (primary N) is 1. The van der Waals surface area contributed by atoms with Gasteiger partial charge in [0.15, 0.2) is 0 Å². The van der Waals surface area contributed by atoms with Crippen LogP contribution >= 0.6 is 0 Å². The summed E-state index contributed by atoms with van der Waals surface area (Å²) in [4.78, 5) is 0. The van der Waals surface area contributed by atoms with Crippen molar-refractivity contribution in [3.05, 3.63) is 59.7 Å². The van der Waals surface area contributed by atoms with Gasteiger partial charge in [0.2, 0.25) is 0 Å². The summed E-state index contributed by atoms with van der Waals surface area (Å²) in [5.41, 5.74) is 8.12. The zero-order valence-electron chi connectivity index (χ0n) is 11.0. The van der Waals surface area contributed by atoms with E-state index in [0.717, 1.165) is 23.3 Å². The predicted octanol–water partition coefficient (Wildman–Crippen LogP) is 2.69. The molecule has 0 radical (unpaired) electrons. The van der Waals surface area contributed by atoms with Gasteiger partial charge in [-0.1, -0.05) is 24.3 Å². The number of hydrogen-bond acceptors (Lipinski definition) is 3. The van der Waals surface area contributed by atoms with Crippen LogP contribution in [-0.2, 0) is 6.42 Å². The van der Waals surface area contributed by atoms with Gasteiger partial charge in [0.1, 0.15) is 11.5 Å². The summed E-state index contributed by atoms with van der Waals surface area (Å²) in [6, 6.07) is 15.3. The third-order valence-corrected chi connectivity index (χ3v) is 3.24. The third-order valence-electron chi connectivity index (χ3n) is 3.24. The maximum absolute atomic E-state index is 9.50. The van der Waals surface area contributed by atoms with Gasteiger partial charge >= 0.3 is 0 Å². The second-order valence-electron chi connectivity index (χ2n) is 4.58. The lowest BCUT2D eigenvalue weighted by Gasteiger charge is -2.16. The Bertz CT molecular complexity index is 540. The smallest absolute Gasteiger partial charge is 0.119 e. The van der Waals surface area contributed by atoms with E-state index in [-0.39, 0.29) is 5.92 Å². The third kappa shape index (κ3) is 3.48. The molecule has 0 bridgehead atoms. The monoisotopic (exact) mass is 257 g/mol. The van der Waals surface area contributed by atoms with Crippen LogP contribution in [0.3, 0.4) is 0 Å². The van der Waals surface area contributed by atoms with Gasteiger partial charge in [0, 0.05) is 5.92 Å². The SMILES string of the molecule is COc1cccc(C(CN)Cc2cccc(O)c2)c1. The van der Waals surface area contributed by atoms with Crippen LogP contribution in [-0.4, -0.2) is 18.8 Å². The van der Waals surface area contributed by atoms with Gasteiger partial charge in [-0.05, 0) is 48.4 Å². The van der Waals surface area contributed by atoms with Gasteiger partial charge in [-0.15, -0.1) is 0 Å². The second-order valence-corrected chi connectivity index (χ2v) is 4.58. The Balaban J connectivity index is 2.19. The van der Waals surface area contributed by atoms with E-state index in [4.69, 9.17) is 10.5 Å². The maximum atomic E-state index is 9.50. The first kappa shape index (κ1) is 13.4. The molecule has 0 aromatic heterocycles. The summed E-state index contributed by atoms with van der Waals surface area (Å²) in [6.45, 7) is 0.558. The summed E-state index contributed by atoms with van der Waals surface area (Å²) in [5.74, 6) is 1.35. The number of hydrogen-bond donors (Lipinski definition) is 2. The molecule has 2 aromatic carbocycles. The largest absolute Gasteiger partial charge is 0.508 e. The fraction of sp³-hybridized carbons (Fsp3) is 0.250. The van der Waals surface area contributed by atoms with Crippen LogP contribution in [0.5, 0.6) is 11.5 Å². The van der Waals surface area contributed by atoms with E-state index in [1.807, 2.05) is 30.3 Å². The zero-order valence-corrected chi connectivity index (χ0v) is 11.0. The second kappa shape index (κ2) is 6.25. The molecule has 3 N–H and O–H groups in total. The van der Waals surface area contributed by atoms with E-state index >= 15 is 0 Å². The van der Waals surface area contributed by atoms with Gasteiger partial charge in [0.25, 0.3) is 0 Å². The lowest BCUT2D eigenvalue weighted by Crippen LogP contribution is -2.15. The number of phenolic OH excluding ortho intramolecular Hbond substituents is 1. The fourth-order valence-electron chi connectivity index (χ4n) is 2.20. The van der Waals surface area contributed by atoms with Crippen LogP contribution < -0.4 is 10.5 Å². The highest BCUT2D eigenvalue weighted by atomic mass is 16.5. The minimum atomic E-state index is 0.219. The van der Waals surface area contributed by atoms with E-state index in [0.29, 0.717) is 12.3 Å². The van der Waals surface area contributed by atoms with Crippen molar-refractivity contribution in [2.24, 2.45) is 5.73 Å². The van der Waals surface area contributed by atoms with Crippen molar-refractivity contribution in [3.63, 3.8) is 0 Å². The van der Waals surface area contributed by atoms with Crippen molar-refractivity contribution < 1.29 is 9.84 Å². The molecular formula is C16H19NO2. The standard InChI is InChI=1S/C16H19NO2/c1-19-16-7-3-5-13(10-16)14(11-17)8-12-4-2-6-15(18)9-12/h2-7,9-10,14,18H,8,11,17H2,1H3. The molecule has 0 fully saturated rings. The Morgan fingerprint density at radius 2 is 1.95 bits per heavy atom. The first-order chi connectivity index (χ1) is 9.22. The zero-order chi connectivity index (χ0) is 13.7. The summed E-state index contributed by atoms with van der Waals surface area (Å²) < 4.78 is 5.24. The Hall–Kier alpha value is -2.00. The average Bonchev–Trinajstić information content (AvgIpc) is 2.45. The van der Waals surface area contributed by atoms with Gasteiger partial charge in [0.05, 0.1) is 7.11 Å². The minimum Gasteiger partial charge on any atom is -0.508 e. The highest BCUT2D eigenvalue weighted by Crippen LogP contribution is 2.24. The molecule has 100 valence electrons. The molecule has 0 amide bonds. The molecule has 2 aromatic rings. The topological polar surface area (TPSA) is 55.5 Å². The molecule has 0 aliphatic rings. The molecule has 19 heavy (non-hydrogen) atoms. The van der Waals surface area contributed by atoms with E-state index in [9.17, 15) is 5.11 Å². The van der Waals surface area contributed by atoms with Crippen LogP contribution in [0.25, 0.3) is 0 Å². The molecule has 0 saturated heterocycles. The van der Waals surface area contributed by atoms with Crippen molar-refractivity contribution in [1.82, 2.24) is 0 Å². The van der Waals surface area contributed by atoms with Crippen LogP contribution in [0, 0.1) is 0 Å². The van der Waals surface area contributed by atoms with E-state index in [1.165, 1.54) is 0 Å². The molecule has 0 spiro atoms. The molecule has 2 rings (SSSR count). The summed E-state index contributed by atoms with van der Waals surface area (Å²) in [7, 11) is 1.66. The molecule has 1 atom stereocenters. The molecule has 3 nitrogen and oxygen atoms in total. The fourth-order valence-corrected chi connectivity index (χ4v) is 2.20. The predicted molar refractivity (Wildman–Crippen MR) is 76.6 cm³/mol. The van der Waals surface area contributed by atoms with Crippen LogP contribution in [0.1, 0.15) is 17.0 Å².